The van der Waals surface area contributed by atoms with Gasteiger partial charge < -0.3 is 14.8 Å². The summed E-state index contributed by atoms with van der Waals surface area (Å²) in [6, 6.07) is 7.60. The summed E-state index contributed by atoms with van der Waals surface area (Å²) >= 11 is 0. The molecule has 2 amide bonds. The van der Waals surface area contributed by atoms with Gasteiger partial charge in [0, 0.05) is 38.3 Å². The maximum absolute atomic E-state index is 12.8. The van der Waals surface area contributed by atoms with Gasteiger partial charge in [-0.1, -0.05) is 12.1 Å². The van der Waals surface area contributed by atoms with Crippen LogP contribution < -0.4 is 10.2 Å². The topological polar surface area (TPSA) is 70.5 Å². The number of rotatable bonds is 5. The molecule has 0 radical (unpaired) electrons. The molecule has 1 aromatic carbocycles. The number of hydrogen-bond acceptors (Lipinski definition) is 4. The number of amides is 2. The van der Waals surface area contributed by atoms with Crippen molar-refractivity contribution in [1.29, 1.82) is 0 Å². The molecule has 0 atom stereocenters. The second-order valence-electron chi connectivity index (χ2n) is 7.66. The molecule has 1 aromatic heterocycles. The Morgan fingerprint density at radius 1 is 1.21 bits per heavy atom. The van der Waals surface area contributed by atoms with E-state index < -0.39 is 0 Å². The van der Waals surface area contributed by atoms with Gasteiger partial charge in [0.2, 0.25) is 11.8 Å². The number of nitrogens with one attached hydrogen (secondary N) is 1. The Morgan fingerprint density at radius 2 is 2.00 bits per heavy atom. The van der Waals surface area contributed by atoms with Crippen molar-refractivity contribution in [3.05, 3.63) is 42.5 Å². The van der Waals surface area contributed by atoms with Crippen LogP contribution in [0.25, 0.3) is 0 Å². The highest BCUT2D eigenvalue weighted by Crippen LogP contribution is 2.30. The summed E-state index contributed by atoms with van der Waals surface area (Å²) in [5.41, 5.74) is 1.55. The number of carbonyl (C=O) groups excluding carboxylic acids is 2. The predicted octanol–water partition coefficient (Wildman–Crippen LogP) is 2.40. The fraction of sp³-hybridized carbons (Fsp3) is 0.476. The number of carbonyl (C=O) groups is 2. The van der Waals surface area contributed by atoms with Crippen LogP contribution in [0.15, 0.2) is 36.7 Å². The molecule has 0 saturated carbocycles. The van der Waals surface area contributed by atoms with Gasteiger partial charge in [0.1, 0.15) is 5.82 Å². The highest BCUT2D eigenvalue weighted by Gasteiger charge is 2.28. The third-order valence-corrected chi connectivity index (χ3v) is 5.77. The van der Waals surface area contributed by atoms with E-state index in [4.69, 9.17) is 0 Å². The lowest BCUT2D eigenvalue weighted by molar-refractivity contribution is -0.121. The Bertz CT molecular complexity index is 854. The lowest BCUT2D eigenvalue weighted by Gasteiger charge is -2.31. The Morgan fingerprint density at radius 3 is 2.68 bits per heavy atom. The van der Waals surface area contributed by atoms with E-state index in [1.54, 1.807) is 4.90 Å². The van der Waals surface area contributed by atoms with Gasteiger partial charge in [-0.3, -0.25) is 14.5 Å². The molecule has 3 heterocycles. The molecule has 7 heteroatoms. The Labute approximate surface area is 165 Å². The molecule has 1 N–H and O–H groups in total. The molecule has 2 saturated heterocycles. The maximum Gasteiger partial charge on any atom is 0.227 e. The molecule has 0 unspecified atom stereocenters. The molecule has 4 rings (SSSR count). The van der Waals surface area contributed by atoms with E-state index in [0.29, 0.717) is 6.42 Å². The van der Waals surface area contributed by atoms with Crippen LogP contribution in [-0.4, -0.2) is 45.9 Å². The Kier molecular flexibility index (Phi) is 5.43. The van der Waals surface area contributed by atoms with Gasteiger partial charge in [-0.25, -0.2) is 4.98 Å². The molecule has 2 aliphatic heterocycles. The number of benzene rings is 1. The summed E-state index contributed by atoms with van der Waals surface area (Å²) in [6.07, 6.45) is 6.89. The van der Waals surface area contributed by atoms with Gasteiger partial charge in [-0.2, -0.15) is 0 Å². The van der Waals surface area contributed by atoms with E-state index in [-0.39, 0.29) is 17.7 Å². The minimum atomic E-state index is -0.0000397. The van der Waals surface area contributed by atoms with Crippen molar-refractivity contribution in [1.82, 2.24) is 14.5 Å². The van der Waals surface area contributed by atoms with E-state index in [2.05, 4.69) is 15.2 Å². The zero-order valence-electron chi connectivity index (χ0n) is 16.3. The highest BCUT2D eigenvalue weighted by molar-refractivity contribution is 6.02. The van der Waals surface area contributed by atoms with Crippen molar-refractivity contribution in [2.75, 3.05) is 29.9 Å². The number of nitrogens with zero attached hydrogens (tertiary/aromatic N) is 4. The number of para-hydroxylation sites is 2. The van der Waals surface area contributed by atoms with E-state index in [0.717, 1.165) is 62.6 Å². The lowest BCUT2D eigenvalue weighted by Crippen LogP contribution is -2.38. The van der Waals surface area contributed by atoms with Crippen molar-refractivity contribution in [2.24, 2.45) is 13.0 Å². The lowest BCUT2D eigenvalue weighted by atomic mass is 9.95. The van der Waals surface area contributed by atoms with E-state index in [1.165, 1.54) is 0 Å². The number of anilines is 2. The van der Waals surface area contributed by atoms with E-state index >= 15 is 0 Å². The van der Waals surface area contributed by atoms with Gasteiger partial charge in [0.25, 0.3) is 0 Å². The number of piperidine rings is 1. The van der Waals surface area contributed by atoms with Crippen molar-refractivity contribution in [3.8, 4) is 0 Å². The van der Waals surface area contributed by atoms with Crippen LogP contribution in [0.1, 0.15) is 31.5 Å². The highest BCUT2D eigenvalue weighted by atomic mass is 16.2. The largest absolute Gasteiger partial charge is 0.337 e. The zero-order valence-corrected chi connectivity index (χ0v) is 16.3. The quantitative estimate of drug-likeness (QED) is 0.863. The van der Waals surface area contributed by atoms with Gasteiger partial charge in [0.15, 0.2) is 0 Å². The molecule has 2 aromatic rings. The molecule has 2 aliphatic rings. The summed E-state index contributed by atoms with van der Waals surface area (Å²) in [5.74, 6) is 1.23. The van der Waals surface area contributed by atoms with Crippen molar-refractivity contribution in [2.45, 2.75) is 32.2 Å². The summed E-state index contributed by atoms with van der Waals surface area (Å²) in [5, 5.41) is 3.08. The molecule has 28 heavy (non-hydrogen) atoms. The van der Waals surface area contributed by atoms with Crippen LogP contribution in [0.2, 0.25) is 0 Å². The molecule has 0 bridgehead atoms. The van der Waals surface area contributed by atoms with Gasteiger partial charge >= 0.3 is 0 Å². The first-order chi connectivity index (χ1) is 13.6. The second-order valence-corrected chi connectivity index (χ2v) is 7.66. The predicted molar refractivity (Wildman–Crippen MR) is 108 cm³/mol. The van der Waals surface area contributed by atoms with Crippen LogP contribution in [-0.2, 0) is 23.2 Å². The first-order valence-corrected chi connectivity index (χ1v) is 10.0. The third-order valence-electron chi connectivity index (χ3n) is 5.77. The number of imidazole rings is 1. The third kappa shape index (κ3) is 3.94. The average molecular weight is 381 g/mol. The molecule has 0 spiro atoms. The van der Waals surface area contributed by atoms with Crippen LogP contribution in [0.4, 0.5) is 11.4 Å². The van der Waals surface area contributed by atoms with E-state index in [9.17, 15) is 9.59 Å². The molecule has 2 fully saturated rings. The molecule has 148 valence electrons. The molecular weight excluding hydrogens is 354 g/mol. The van der Waals surface area contributed by atoms with Gasteiger partial charge in [-0.15, -0.1) is 0 Å². The van der Waals surface area contributed by atoms with Crippen molar-refractivity contribution >= 4 is 23.2 Å². The first-order valence-electron chi connectivity index (χ1n) is 10.0. The molecule has 0 aliphatic carbocycles. The molecular formula is C21H27N5O2. The minimum absolute atomic E-state index is 0.0000397. The minimum Gasteiger partial charge on any atom is -0.337 e. The van der Waals surface area contributed by atoms with Crippen LogP contribution in [0.5, 0.6) is 0 Å². The van der Waals surface area contributed by atoms with Crippen LogP contribution >= 0.6 is 0 Å². The van der Waals surface area contributed by atoms with E-state index in [1.807, 2.05) is 48.3 Å². The fourth-order valence-electron chi connectivity index (χ4n) is 4.05. The summed E-state index contributed by atoms with van der Waals surface area (Å²) < 4.78 is 2.04. The van der Waals surface area contributed by atoms with Crippen LogP contribution in [0, 0.1) is 5.92 Å². The monoisotopic (exact) mass is 381 g/mol. The van der Waals surface area contributed by atoms with Crippen molar-refractivity contribution in [3.63, 3.8) is 0 Å². The first kappa shape index (κ1) is 18.7. The second kappa shape index (κ2) is 8.14. The average Bonchev–Trinajstić information content (AvgIpc) is 3.31. The summed E-state index contributed by atoms with van der Waals surface area (Å²) in [4.78, 5) is 33.5. The Balaban J connectivity index is 1.35. The van der Waals surface area contributed by atoms with Crippen LogP contribution in [0.3, 0.4) is 0 Å². The normalized spacial score (nSPS) is 18.6. The smallest absolute Gasteiger partial charge is 0.227 e. The number of likely N-dealkylation sites (tertiary alicyclic amines) is 1. The molecule has 7 nitrogen and oxygen atoms in total. The number of aromatic nitrogens is 2. The summed E-state index contributed by atoms with van der Waals surface area (Å²) in [6.45, 7) is 3.31. The number of aryl methyl sites for hydroxylation is 1. The standard InChI is InChI=1S/C21H27N5O2/c1-24-14-10-22-19(24)15-25-12-8-16(9-13-25)21(28)23-17-5-2-3-6-18(17)26-11-4-7-20(26)27/h2-3,5-6,10,14,16H,4,7-9,11-13,15H2,1H3,(H,23,28). The Hall–Kier alpha value is -2.67. The van der Waals surface area contributed by atoms with Gasteiger partial charge in [0.05, 0.1) is 17.9 Å². The maximum atomic E-state index is 12.8. The number of hydrogen-bond donors (Lipinski definition) is 1. The SMILES string of the molecule is Cn1ccnc1CN1CCC(C(=O)Nc2ccccc2N2CCCC2=O)CC1. The zero-order chi connectivity index (χ0) is 19.5. The summed E-state index contributed by atoms with van der Waals surface area (Å²) in [7, 11) is 2.01. The fourth-order valence-corrected chi connectivity index (χ4v) is 4.05. The van der Waals surface area contributed by atoms with Gasteiger partial charge in [-0.05, 0) is 44.5 Å². The van der Waals surface area contributed by atoms with Crippen molar-refractivity contribution < 1.29 is 9.59 Å².